The van der Waals surface area contributed by atoms with Crippen LogP contribution in [0, 0.1) is 0 Å². The first-order valence-electron chi connectivity index (χ1n) is 3.39. The number of hydrogen-bond donors (Lipinski definition) is 2. The predicted octanol–water partition coefficient (Wildman–Crippen LogP) is -4.05. The Morgan fingerprint density at radius 1 is 1.33 bits per heavy atom. The van der Waals surface area contributed by atoms with Gasteiger partial charge < -0.3 is 16.0 Å². The topological polar surface area (TPSA) is 109 Å². The summed E-state index contributed by atoms with van der Waals surface area (Å²) in [6, 6.07) is 0. The summed E-state index contributed by atoms with van der Waals surface area (Å²) in [5, 5.41) is -1.27. The molecule has 0 aliphatic heterocycles. The molecule has 1 unspecified atom stereocenters. The van der Waals surface area contributed by atoms with E-state index in [1.54, 1.807) is 0 Å². The van der Waals surface area contributed by atoms with Gasteiger partial charge in [0.2, 0.25) is 0 Å². The van der Waals surface area contributed by atoms with E-state index in [9.17, 15) is 13.0 Å². The van der Waals surface area contributed by atoms with E-state index in [0.717, 1.165) is 0 Å². The quantitative estimate of drug-likeness (QED) is 0.269. The Morgan fingerprint density at radius 2 is 1.83 bits per heavy atom. The number of unbranched alkanes of at least 4 members (excludes halogenated alkanes) is 1. The second kappa shape index (κ2) is 7.25. The Morgan fingerprint density at radius 3 is 2.17 bits per heavy atom. The molecule has 5 nitrogen and oxygen atoms in total. The molecule has 0 aromatic carbocycles. The van der Waals surface area contributed by atoms with Crippen LogP contribution < -0.4 is 41.0 Å². The molecule has 12 heavy (non-hydrogen) atoms. The van der Waals surface area contributed by atoms with Crippen LogP contribution in [0.1, 0.15) is 19.3 Å². The molecule has 0 aliphatic rings. The fraction of sp³-hybridized carbons (Fsp3) is 1.00. The average molecular weight is 204 g/mol. The molecule has 0 aromatic heterocycles. The Bertz CT molecular complexity index is 195. The van der Waals surface area contributed by atoms with E-state index in [4.69, 9.17) is 11.5 Å². The van der Waals surface area contributed by atoms with Gasteiger partial charge in [-0.1, -0.05) is 0 Å². The van der Waals surface area contributed by atoms with Gasteiger partial charge >= 0.3 is 29.6 Å². The summed E-state index contributed by atoms with van der Waals surface area (Å²) in [4.78, 5) is 0. The zero-order valence-corrected chi connectivity index (χ0v) is 10.0. The van der Waals surface area contributed by atoms with Gasteiger partial charge in [-0.2, -0.15) is 0 Å². The maximum atomic E-state index is 10.2. The van der Waals surface area contributed by atoms with E-state index < -0.39 is 15.5 Å². The van der Waals surface area contributed by atoms with Crippen molar-refractivity contribution in [2.45, 2.75) is 24.6 Å². The third kappa shape index (κ3) is 7.48. The molecule has 0 saturated heterocycles. The van der Waals surface area contributed by atoms with E-state index in [0.29, 0.717) is 19.4 Å². The van der Waals surface area contributed by atoms with Crippen LogP contribution in [-0.4, -0.2) is 24.9 Å². The summed E-state index contributed by atoms with van der Waals surface area (Å²) < 4.78 is 30.6. The molecule has 4 N–H and O–H groups in total. The summed E-state index contributed by atoms with van der Waals surface area (Å²) in [5.74, 6) is 0. The molecule has 0 rings (SSSR count). The number of hydrogen-bond acceptors (Lipinski definition) is 5. The number of nitrogens with two attached hydrogens (primary N) is 2. The van der Waals surface area contributed by atoms with E-state index in [1.165, 1.54) is 0 Å². The maximum Gasteiger partial charge on any atom is 1.00 e. The smallest absolute Gasteiger partial charge is 0.747 e. The Hall–Kier alpha value is 0.830. The monoisotopic (exact) mass is 204 g/mol. The second-order valence-electron chi connectivity index (χ2n) is 2.32. The summed E-state index contributed by atoms with van der Waals surface area (Å²) in [6.07, 6.45) is 1.48. The van der Waals surface area contributed by atoms with Gasteiger partial charge in [-0.3, -0.25) is 0 Å². The van der Waals surface area contributed by atoms with E-state index in [2.05, 4.69) is 0 Å². The van der Waals surface area contributed by atoms with Crippen LogP contribution in [0.3, 0.4) is 0 Å². The van der Waals surface area contributed by atoms with Gasteiger partial charge in [0.1, 0.15) is 10.1 Å². The first kappa shape index (κ1) is 15.3. The molecule has 0 spiro atoms. The third-order valence-electron chi connectivity index (χ3n) is 1.31. The second-order valence-corrected chi connectivity index (χ2v) is 3.91. The van der Waals surface area contributed by atoms with Crippen LogP contribution in [0.4, 0.5) is 0 Å². The van der Waals surface area contributed by atoms with Crippen LogP contribution in [0.25, 0.3) is 0 Å². The van der Waals surface area contributed by atoms with Crippen molar-refractivity contribution in [1.29, 1.82) is 0 Å². The van der Waals surface area contributed by atoms with Crippen LogP contribution in [0.5, 0.6) is 0 Å². The normalized spacial score (nSPS) is 13.6. The van der Waals surface area contributed by atoms with Gasteiger partial charge in [0.15, 0.2) is 0 Å². The van der Waals surface area contributed by atoms with Gasteiger partial charge in [0, 0.05) is 0 Å². The number of rotatable bonds is 5. The van der Waals surface area contributed by atoms with Crippen molar-refractivity contribution in [3.05, 3.63) is 0 Å². The van der Waals surface area contributed by atoms with Crippen LogP contribution in [-0.2, 0) is 10.1 Å². The summed E-state index contributed by atoms with van der Waals surface area (Å²) in [5.41, 5.74) is 10.2. The van der Waals surface area contributed by atoms with Crippen LogP contribution in [0.2, 0.25) is 0 Å². The van der Waals surface area contributed by atoms with Gasteiger partial charge in [0.25, 0.3) is 0 Å². The molecule has 0 amide bonds. The van der Waals surface area contributed by atoms with Crippen molar-refractivity contribution in [3.63, 3.8) is 0 Å². The summed E-state index contributed by atoms with van der Waals surface area (Å²) >= 11 is 0. The maximum absolute atomic E-state index is 10.2. The fourth-order valence-electron chi connectivity index (χ4n) is 0.634. The minimum absolute atomic E-state index is 0. The van der Waals surface area contributed by atoms with Gasteiger partial charge in [-0.15, -0.1) is 0 Å². The van der Waals surface area contributed by atoms with Crippen molar-refractivity contribution in [3.8, 4) is 0 Å². The van der Waals surface area contributed by atoms with Crippen molar-refractivity contribution in [2.24, 2.45) is 11.5 Å². The molecule has 0 fully saturated rings. The molecular weight excluding hydrogens is 191 g/mol. The average Bonchev–Trinajstić information content (AvgIpc) is 1.86. The van der Waals surface area contributed by atoms with Crippen molar-refractivity contribution in [2.75, 3.05) is 6.54 Å². The van der Waals surface area contributed by atoms with Crippen LogP contribution >= 0.6 is 0 Å². The summed E-state index contributed by atoms with van der Waals surface area (Å²) in [6.45, 7) is 0.492. The predicted molar refractivity (Wildman–Crippen MR) is 40.6 cm³/mol. The van der Waals surface area contributed by atoms with E-state index in [-0.39, 0.29) is 36.0 Å². The van der Waals surface area contributed by atoms with E-state index >= 15 is 0 Å². The molecule has 0 bridgehead atoms. The van der Waals surface area contributed by atoms with E-state index in [1.807, 2.05) is 0 Å². The fourth-order valence-corrected chi connectivity index (χ4v) is 1.09. The molecular formula is C5H13N2NaO3S. The molecule has 0 saturated carbocycles. The minimum atomic E-state index is -4.30. The molecule has 0 heterocycles. The Kier molecular flexibility index (Phi) is 9.25. The molecule has 0 aromatic rings. The molecule has 0 radical (unpaired) electrons. The zero-order chi connectivity index (χ0) is 8.91. The molecule has 68 valence electrons. The van der Waals surface area contributed by atoms with Gasteiger partial charge in [-0.05, 0) is 25.8 Å². The minimum Gasteiger partial charge on any atom is -0.747 e. The standard InChI is InChI=1S/C5H14N2O3S.Na/c6-4-2-1-3-5(7)11(8,9)10;/h5H,1-4,6-7H2,(H,8,9,10);/q;+1/p-1. The van der Waals surface area contributed by atoms with Crippen molar-refractivity contribution in [1.82, 2.24) is 0 Å². The molecule has 0 aliphatic carbocycles. The van der Waals surface area contributed by atoms with Crippen molar-refractivity contribution >= 4 is 10.1 Å². The summed E-state index contributed by atoms with van der Waals surface area (Å²) in [7, 11) is -4.30. The van der Waals surface area contributed by atoms with Crippen LogP contribution in [0.15, 0.2) is 0 Å². The third-order valence-corrected chi connectivity index (χ3v) is 2.29. The Balaban J connectivity index is 0. The first-order valence-corrected chi connectivity index (χ1v) is 4.86. The first-order chi connectivity index (χ1) is 4.98. The molecule has 7 heteroatoms. The van der Waals surface area contributed by atoms with Crippen molar-refractivity contribution < 1.29 is 42.5 Å². The SMILES string of the molecule is NCCCCC(N)S(=O)(=O)[O-].[Na+]. The largest absolute Gasteiger partial charge is 1.00 e. The molecule has 1 atom stereocenters. The zero-order valence-electron chi connectivity index (χ0n) is 7.19. The van der Waals surface area contributed by atoms with Gasteiger partial charge in [-0.25, -0.2) is 8.42 Å². The Labute approximate surface area is 94.9 Å². The van der Waals surface area contributed by atoms with Gasteiger partial charge in [0.05, 0.1) is 5.37 Å².